The van der Waals surface area contributed by atoms with Gasteiger partial charge in [-0.3, -0.25) is 4.90 Å². The molecule has 0 radical (unpaired) electrons. The molecule has 0 aliphatic carbocycles. The largest absolute Gasteiger partial charge is 0.497 e. The van der Waals surface area contributed by atoms with Crippen LogP contribution >= 0.6 is 0 Å². The molecule has 1 aromatic heterocycles. The van der Waals surface area contributed by atoms with E-state index in [9.17, 15) is 0 Å². The summed E-state index contributed by atoms with van der Waals surface area (Å²) in [5.41, 5.74) is 3.43. The lowest BCUT2D eigenvalue weighted by Crippen LogP contribution is -2.30. The molecular formula is C21H25N3O2. The Labute approximate surface area is 154 Å². The van der Waals surface area contributed by atoms with Crippen LogP contribution in [0.5, 0.6) is 5.75 Å². The van der Waals surface area contributed by atoms with Crippen LogP contribution in [0, 0.1) is 6.92 Å². The number of aryl methyl sites for hydroxylation is 1. The van der Waals surface area contributed by atoms with Crippen molar-refractivity contribution in [2.24, 2.45) is 0 Å². The maximum Gasteiger partial charge on any atom is 0.241 e. The minimum absolute atomic E-state index is 0.345. The van der Waals surface area contributed by atoms with Crippen molar-refractivity contribution in [1.29, 1.82) is 0 Å². The van der Waals surface area contributed by atoms with Gasteiger partial charge in [-0.2, -0.15) is 4.98 Å². The molecule has 0 saturated carbocycles. The Kier molecular flexibility index (Phi) is 5.68. The van der Waals surface area contributed by atoms with Gasteiger partial charge < -0.3 is 9.26 Å². The molecule has 1 unspecified atom stereocenters. The molecule has 0 spiro atoms. The second-order valence-corrected chi connectivity index (χ2v) is 6.70. The van der Waals surface area contributed by atoms with Crippen LogP contribution in [0.15, 0.2) is 53.1 Å². The zero-order valence-corrected chi connectivity index (χ0v) is 15.8. The Bertz CT molecular complexity index is 842. The minimum Gasteiger partial charge on any atom is -0.497 e. The first-order valence-electron chi connectivity index (χ1n) is 8.78. The lowest BCUT2D eigenvalue weighted by molar-refractivity contribution is 0.213. The maximum atomic E-state index is 5.44. The first kappa shape index (κ1) is 18.1. The molecule has 5 heteroatoms. The van der Waals surface area contributed by atoms with Gasteiger partial charge in [-0.25, -0.2) is 0 Å². The Morgan fingerprint density at radius 3 is 2.62 bits per heavy atom. The highest BCUT2D eigenvalue weighted by atomic mass is 16.5. The molecule has 3 rings (SSSR count). The van der Waals surface area contributed by atoms with Crippen molar-refractivity contribution < 1.29 is 9.26 Å². The molecule has 0 aliphatic heterocycles. The Morgan fingerprint density at radius 2 is 1.92 bits per heavy atom. The second kappa shape index (κ2) is 8.15. The van der Waals surface area contributed by atoms with E-state index in [-0.39, 0.29) is 0 Å². The van der Waals surface area contributed by atoms with Crippen molar-refractivity contribution >= 4 is 0 Å². The molecule has 0 aliphatic rings. The lowest BCUT2D eigenvalue weighted by atomic mass is 10.1. The Hall–Kier alpha value is -2.66. The summed E-state index contributed by atoms with van der Waals surface area (Å²) in [6.45, 7) is 4.87. The van der Waals surface area contributed by atoms with Crippen molar-refractivity contribution in [3.05, 3.63) is 65.5 Å². The van der Waals surface area contributed by atoms with Crippen LogP contribution in [0.25, 0.3) is 11.4 Å². The highest BCUT2D eigenvalue weighted by molar-refractivity contribution is 5.55. The number of rotatable bonds is 7. The monoisotopic (exact) mass is 351 g/mol. The average Bonchev–Trinajstić information content (AvgIpc) is 3.11. The Balaban J connectivity index is 1.61. The third-order valence-electron chi connectivity index (χ3n) is 4.57. The van der Waals surface area contributed by atoms with Crippen molar-refractivity contribution in [3.8, 4) is 17.1 Å². The summed E-state index contributed by atoms with van der Waals surface area (Å²) in [4.78, 5) is 6.76. The standard InChI is InChI=1S/C21H25N3O2/c1-15-6-5-7-18(12-15)21-22-20(26-23-21)14-24(3)16(2)13-17-8-10-19(25-4)11-9-17/h5-12,16H,13-14H2,1-4H3. The van der Waals surface area contributed by atoms with E-state index in [1.807, 2.05) is 24.3 Å². The zero-order valence-electron chi connectivity index (χ0n) is 15.8. The van der Waals surface area contributed by atoms with Crippen molar-refractivity contribution in [1.82, 2.24) is 15.0 Å². The number of aromatic nitrogens is 2. The number of ether oxygens (including phenoxy) is 1. The van der Waals surface area contributed by atoms with Gasteiger partial charge in [0.1, 0.15) is 5.75 Å². The molecule has 0 saturated heterocycles. The van der Waals surface area contributed by atoms with Crippen molar-refractivity contribution in [3.63, 3.8) is 0 Å². The molecule has 0 amide bonds. The molecule has 136 valence electrons. The quantitative estimate of drug-likeness (QED) is 0.641. The Morgan fingerprint density at radius 1 is 1.15 bits per heavy atom. The van der Waals surface area contributed by atoms with Crippen LogP contribution in [0.3, 0.4) is 0 Å². The summed E-state index contributed by atoms with van der Waals surface area (Å²) in [5, 5.41) is 4.12. The smallest absolute Gasteiger partial charge is 0.241 e. The molecule has 2 aromatic carbocycles. The van der Waals surface area contributed by atoms with E-state index in [0.717, 1.165) is 17.7 Å². The van der Waals surface area contributed by atoms with Gasteiger partial charge in [0, 0.05) is 11.6 Å². The van der Waals surface area contributed by atoms with E-state index < -0.39 is 0 Å². The van der Waals surface area contributed by atoms with Gasteiger partial charge >= 0.3 is 0 Å². The SMILES string of the molecule is COc1ccc(CC(C)N(C)Cc2nc(-c3cccc(C)c3)no2)cc1. The number of methoxy groups -OCH3 is 1. The van der Waals surface area contributed by atoms with Crippen LogP contribution < -0.4 is 4.74 Å². The molecule has 1 atom stereocenters. The summed E-state index contributed by atoms with van der Waals surface area (Å²) in [6.07, 6.45) is 0.944. The van der Waals surface area contributed by atoms with Gasteiger partial charge in [-0.15, -0.1) is 0 Å². The topological polar surface area (TPSA) is 51.4 Å². The van der Waals surface area contributed by atoms with Crippen LogP contribution in [-0.4, -0.2) is 35.2 Å². The molecule has 0 N–H and O–H groups in total. The van der Waals surface area contributed by atoms with Crippen molar-refractivity contribution in [2.75, 3.05) is 14.2 Å². The van der Waals surface area contributed by atoms with Gasteiger partial charge in [0.05, 0.1) is 13.7 Å². The minimum atomic E-state index is 0.345. The van der Waals surface area contributed by atoms with E-state index in [2.05, 4.69) is 60.2 Å². The van der Waals surface area contributed by atoms with E-state index in [1.54, 1.807) is 7.11 Å². The van der Waals surface area contributed by atoms with Crippen LogP contribution in [0.1, 0.15) is 23.9 Å². The highest BCUT2D eigenvalue weighted by Gasteiger charge is 2.15. The normalized spacial score (nSPS) is 12.3. The van der Waals surface area contributed by atoms with Gasteiger partial charge in [-0.1, -0.05) is 41.1 Å². The summed E-state index contributed by atoms with van der Waals surface area (Å²) < 4.78 is 10.6. The molecule has 0 bridgehead atoms. The predicted molar refractivity (Wildman–Crippen MR) is 102 cm³/mol. The molecule has 0 fully saturated rings. The number of benzene rings is 2. The summed E-state index contributed by atoms with van der Waals surface area (Å²) in [7, 11) is 3.76. The summed E-state index contributed by atoms with van der Waals surface area (Å²) >= 11 is 0. The van der Waals surface area contributed by atoms with Crippen LogP contribution in [0.2, 0.25) is 0 Å². The predicted octanol–water partition coefficient (Wildman–Crippen LogP) is 4.12. The molecule has 3 aromatic rings. The van der Waals surface area contributed by atoms with Crippen LogP contribution in [-0.2, 0) is 13.0 Å². The average molecular weight is 351 g/mol. The summed E-state index contributed by atoms with van der Waals surface area (Å²) in [6, 6.07) is 16.7. The molecule has 5 nitrogen and oxygen atoms in total. The maximum absolute atomic E-state index is 5.44. The molecular weight excluding hydrogens is 326 g/mol. The fraction of sp³-hybridized carbons (Fsp3) is 0.333. The zero-order chi connectivity index (χ0) is 18.5. The van der Waals surface area contributed by atoms with Gasteiger partial charge in [-0.05, 0) is 51.1 Å². The fourth-order valence-electron chi connectivity index (χ4n) is 2.85. The lowest BCUT2D eigenvalue weighted by Gasteiger charge is -2.23. The van der Waals surface area contributed by atoms with E-state index in [1.165, 1.54) is 11.1 Å². The first-order valence-corrected chi connectivity index (χ1v) is 8.78. The van der Waals surface area contributed by atoms with Crippen LogP contribution in [0.4, 0.5) is 0 Å². The highest BCUT2D eigenvalue weighted by Crippen LogP contribution is 2.18. The molecule has 26 heavy (non-hydrogen) atoms. The summed E-state index contributed by atoms with van der Waals surface area (Å²) in [5.74, 6) is 2.15. The van der Waals surface area contributed by atoms with E-state index >= 15 is 0 Å². The van der Waals surface area contributed by atoms with Gasteiger partial charge in [0.15, 0.2) is 0 Å². The van der Waals surface area contributed by atoms with E-state index in [0.29, 0.717) is 24.3 Å². The van der Waals surface area contributed by atoms with Gasteiger partial charge in [0.25, 0.3) is 0 Å². The first-order chi connectivity index (χ1) is 12.5. The number of nitrogens with zero attached hydrogens (tertiary/aromatic N) is 3. The van der Waals surface area contributed by atoms with Gasteiger partial charge in [0.2, 0.25) is 11.7 Å². The molecule has 1 heterocycles. The van der Waals surface area contributed by atoms with E-state index in [4.69, 9.17) is 9.26 Å². The third kappa shape index (κ3) is 4.49. The number of likely N-dealkylation sites (N-methyl/N-ethyl adjacent to an activating group) is 1. The third-order valence-corrected chi connectivity index (χ3v) is 4.57. The van der Waals surface area contributed by atoms with Crippen molar-refractivity contribution in [2.45, 2.75) is 32.9 Å². The second-order valence-electron chi connectivity index (χ2n) is 6.70. The fourth-order valence-corrected chi connectivity index (χ4v) is 2.85. The number of hydrogen-bond donors (Lipinski definition) is 0. The number of hydrogen-bond acceptors (Lipinski definition) is 5.